The maximum absolute atomic E-state index is 13.6. The molecular formula is C87H65N5O9S3. The molecule has 0 aliphatic heterocycles. The molecule has 0 atom stereocenters. The van der Waals surface area contributed by atoms with Crippen molar-refractivity contribution in [3.05, 3.63) is 296 Å². The second-order valence-corrected chi connectivity index (χ2v) is 28.5. The van der Waals surface area contributed by atoms with Crippen molar-refractivity contribution >= 4 is 115 Å². The first kappa shape index (κ1) is 66.5. The number of carboxylic acids is 3. The van der Waals surface area contributed by atoms with Gasteiger partial charge in [0.15, 0.2) is 0 Å². The normalized spacial score (nSPS) is 11.6. The third-order valence-electron chi connectivity index (χ3n) is 19.4. The molecule has 0 saturated carbocycles. The highest BCUT2D eigenvalue weighted by Gasteiger charge is 2.26. The van der Waals surface area contributed by atoms with Gasteiger partial charge >= 0.3 is 17.9 Å². The van der Waals surface area contributed by atoms with E-state index in [1.807, 2.05) is 157 Å². The number of rotatable bonds is 24. The van der Waals surface area contributed by atoms with Crippen LogP contribution in [0.1, 0.15) is 94.5 Å². The summed E-state index contributed by atoms with van der Waals surface area (Å²) in [7, 11) is 0. The van der Waals surface area contributed by atoms with Crippen LogP contribution >= 0.6 is 34.0 Å². The summed E-state index contributed by atoms with van der Waals surface area (Å²) in [6.45, 7) is 4.62. The lowest BCUT2D eigenvalue weighted by Gasteiger charge is -2.17. The first-order valence-corrected chi connectivity index (χ1v) is 36.9. The molecule has 7 aromatic heterocycles. The zero-order chi connectivity index (χ0) is 71.0. The van der Waals surface area contributed by atoms with Crippen LogP contribution in [-0.2, 0) is 51.9 Å². The van der Waals surface area contributed by atoms with E-state index >= 15 is 0 Å². The van der Waals surface area contributed by atoms with Gasteiger partial charge < -0.3 is 29.5 Å². The van der Waals surface area contributed by atoms with Gasteiger partial charge in [-0.2, -0.15) is 0 Å². The highest BCUT2D eigenvalue weighted by molar-refractivity contribution is 7.18. The number of thiophene rings is 3. The average Bonchev–Trinajstić information content (AvgIpc) is 1.13. The van der Waals surface area contributed by atoms with Crippen LogP contribution < -0.4 is 14.2 Å². The van der Waals surface area contributed by atoms with E-state index < -0.39 is 17.9 Å². The summed E-state index contributed by atoms with van der Waals surface area (Å²) >= 11 is 4.79. The molecule has 9 aromatic carbocycles. The van der Waals surface area contributed by atoms with Crippen molar-refractivity contribution in [2.75, 3.05) is 0 Å². The summed E-state index contributed by atoms with van der Waals surface area (Å²) in [6, 6.07) is 63.0. The molecule has 0 bridgehead atoms. The van der Waals surface area contributed by atoms with Crippen LogP contribution in [0.5, 0.6) is 17.2 Å². The fraction of sp³-hybridized carbons (Fsp3) is 0.126. The lowest BCUT2D eigenvalue weighted by atomic mass is 9.95. The second-order valence-electron chi connectivity index (χ2n) is 25.8. The van der Waals surface area contributed by atoms with Crippen molar-refractivity contribution in [2.24, 2.45) is 0 Å². The monoisotopic (exact) mass is 1420 g/mol. The highest BCUT2D eigenvalue weighted by Crippen LogP contribution is 2.43. The Labute approximate surface area is 609 Å². The van der Waals surface area contributed by atoms with Crippen molar-refractivity contribution in [3.8, 4) is 62.3 Å². The first-order valence-electron chi connectivity index (χ1n) is 34.3. The van der Waals surface area contributed by atoms with Crippen LogP contribution in [0.3, 0.4) is 0 Å². The molecule has 16 rings (SSSR count). The Hall–Kier alpha value is -12.0. The van der Waals surface area contributed by atoms with Crippen LogP contribution in [0.15, 0.2) is 229 Å². The number of aromatic nitrogens is 5. The van der Waals surface area contributed by atoms with E-state index in [2.05, 4.69) is 59.4 Å². The fourth-order valence-electron chi connectivity index (χ4n) is 14.1. The zero-order valence-corrected chi connectivity index (χ0v) is 59.0. The third kappa shape index (κ3) is 13.1. The quantitative estimate of drug-likeness (QED) is 0.0515. The lowest BCUT2D eigenvalue weighted by Crippen LogP contribution is -2.06. The largest absolute Gasteiger partial charge is 0.488 e. The molecule has 0 amide bonds. The number of nitrogens with zero attached hydrogens (tertiary/aromatic N) is 5. The van der Waals surface area contributed by atoms with Crippen molar-refractivity contribution in [1.29, 1.82) is 0 Å². The van der Waals surface area contributed by atoms with E-state index in [1.54, 1.807) is 70.8 Å². The average molecular weight is 1420 g/mol. The zero-order valence-electron chi connectivity index (χ0n) is 56.6. The predicted octanol–water partition coefficient (Wildman–Crippen LogP) is 21.1. The van der Waals surface area contributed by atoms with Crippen LogP contribution in [0.25, 0.3) is 108 Å². The molecule has 0 aliphatic rings. The van der Waals surface area contributed by atoms with Gasteiger partial charge in [0, 0.05) is 81.0 Å². The van der Waals surface area contributed by atoms with Gasteiger partial charge in [0.1, 0.15) is 37.1 Å². The third-order valence-corrected chi connectivity index (χ3v) is 22.3. The second kappa shape index (κ2) is 28.8. The molecule has 16 aromatic rings. The molecule has 104 heavy (non-hydrogen) atoms. The topological polar surface area (TPSA) is 204 Å². The molecule has 7 heterocycles. The number of ether oxygens (including phenoxy) is 3. The fourth-order valence-corrected chi connectivity index (χ4v) is 17.0. The standard InChI is InChI=1S/C87H65N5O9S3/c1-3-54-31-34-73(79-63(85(93)94)40-69(90-82(54)79)66-47-102-76-20-9-6-17-60(66)76)100-45-53-27-28-55(50(2)39-53)29-30-57-33-36-74(80-64(86(95)96)41-71(92-84(57)80)68-49-104-78-22-11-8-19-62(68)78)99-44-52-25-23-51(24-26-52)13-12-15-56-32-35-75(101-46-58-14-4-5-16-59(58)72-43-88-37-38-89-72)81-65(87(97)98)42-70(91-83(56)81)67-48-103-77-21-10-7-18-61(67)77/h4-11,14,16-28,31-43,47-49H,3,12-13,15,29-30,44-46H2,1-2H3,(H,93,94)(H,95,96)(H,97,98). The van der Waals surface area contributed by atoms with E-state index in [0.717, 1.165) is 115 Å². The predicted molar refractivity (Wildman–Crippen MR) is 415 cm³/mol. The van der Waals surface area contributed by atoms with Crippen LogP contribution in [0.2, 0.25) is 0 Å². The van der Waals surface area contributed by atoms with Crippen LogP contribution in [0, 0.1) is 6.92 Å². The number of benzene rings is 9. The van der Waals surface area contributed by atoms with Gasteiger partial charge in [-0.15, -0.1) is 34.0 Å². The number of carboxylic acid groups (broad SMARTS) is 3. The van der Waals surface area contributed by atoms with Crippen molar-refractivity contribution < 1.29 is 43.9 Å². The smallest absolute Gasteiger partial charge is 0.336 e. The maximum Gasteiger partial charge on any atom is 0.336 e. The maximum atomic E-state index is 13.6. The Morgan fingerprint density at radius 1 is 0.394 bits per heavy atom. The summed E-state index contributed by atoms with van der Waals surface area (Å²) in [6.07, 6.45) is 8.87. The molecular weight excluding hydrogens is 1360 g/mol. The van der Waals surface area contributed by atoms with Gasteiger partial charge in [0.05, 0.1) is 78.4 Å². The van der Waals surface area contributed by atoms with E-state index in [1.165, 1.54) is 0 Å². The minimum absolute atomic E-state index is 0.0914. The van der Waals surface area contributed by atoms with E-state index in [4.69, 9.17) is 29.2 Å². The summed E-state index contributed by atoms with van der Waals surface area (Å²) in [5, 5.41) is 43.2. The van der Waals surface area contributed by atoms with Gasteiger partial charge in [-0.1, -0.05) is 146 Å². The number of aromatic carboxylic acids is 3. The van der Waals surface area contributed by atoms with E-state index in [0.29, 0.717) is 98.4 Å². The molecule has 0 aliphatic carbocycles. The molecule has 0 radical (unpaired) electrons. The summed E-state index contributed by atoms with van der Waals surface area (Å²) in [5.41, 5.74) is 16.6. The van der Waals surface area contributed by atoms with Gasteiger partial charge in [0.25, 0.3) is 0 Å². The van der Waals surface area contributed by atoms with Crippen molar-refractivity contribution in [2.45, 2.75) is 72.2 Å². The Bertz CT molecular complexity index is 6050. The van der Waals surface area contributed by atoms with Crippen LogP contribution in [-0.4, -0.2) is 58.1 Å². The molecule has 0 fully saturated rings. The number of fused-ring (bicyclic) bond motifs is 6. The molecule has 510 valence electrons. The Kier molecular flexibility index (Phi) is 18.4. The summed E-state index contributed by atoms with van der Waals surface area (Å²) < 4.78 is 23.1. The van der Waals surface area contributed by atoms with E-state index in [9.17, 15) is 29.7 Å². The SMILES string of the molecule is CCc1ccc(OCc2ccc(CCc3ccc(OCc4ccc(CCCc5ccc(OCc6ccccc6-c6cnccn6)c6c(C(=O)O)cc(-c7csc8ccccc78)nc56)cc4)c4c(C(=O)O)cc(-c5csc6ccccc56)nc34)c(C)c2)c2c(C(=O)O)cc(-c3csc4ccccc34)nc12. The summed E-state index contributed by atoms with van der Waals surface area (Å²) in [4.78, 5) is 64.6. The molecule has 14 nitrogen and oxygen atoms in total. The Balaban J connectivity index is 0.641. The van der Waals surface area contributed by atoms with Gasteiger partial charge in [0.2, 0.25) is 0 Å². The molecule has 0 spiro atoms. The molecule has 3 N–H and O–H groups in total. The Morgan fingerprint density at radius 3 is 1.33 bits per heavy atom. The van der Waals surface area contributed by atoms with Crippen LogP contribution in [0.4, 0.5) is 0 Å². The van der Waals surface area contributed by atoms with Gasteiger partial charge in [-0.05, 0) is 150 Å². The van der Waals surface area contributed by atoms with E-state index in [-0.39, 0.29) is 36.5 Å². The minimum Gasteiger partial charge on any atom is -0.488 e. The first-order chi connectivity index (χ1) is 50.9. The van der Waals surface area contributed by atoms with Gasteiger partial charge in [-0.25, -0.2) is 29.3 Å². The minimum atomic E-state index is -1.09. The Morgan fingerprint density at radius 2 is 0.827 bits per heavy atom. The van der Waals surface area contributed by atoms with Crippen molar-refractivity contribution in [1.82, 2.24) is 24.9 Å². The molecule has 0 unspecified atom stereocenters. The van der Waals surface area contributed by atoms with Gasteiger partial charge in [-0.3, -0.25) is 9.97 Å². The molecule has 17 heteroatoms. The number of aryl methyl sites for hydroxylation is 6. The lowest BCUT2D eigenvalue weighted by molar-refractivity contribution is 0.0688. The summed E-state index contributed by atoms with van der Waals surface area (Å²) in [5.74, 6) is -1.96. The number of pyridine rings is 3. The molecule has 0 saturated heterocycles. The number of hydrogen-bond acceptors (Lipinski definition) is 14. The number of hydrogen-bond donors (Lipinski definition) is 3. The van der Waals surface area contributed by atoms with Crippen molar-refractivity contribution in [3.63, 3.8) is 0 Å². The highest BCUT2D eigenvalue weighted by atomic mass is 32.1. The number of carbonyl (C=O) groups is 3.